The van der Waals surface area contributed by atoms with E-state index in [0.29, 0.717) is 16.3 Å². The van der Waals surface area contributed by atoms with Crippen LogP contribution in [0.3, 0.4) is 0 Å². The van der Waals surface area contributed by atoms with Crippen molar-refractivity contribution in [3.05, 3.63) is 36.1 Å². The number of ketones is 1. The molecule has 0 amide bonds. The number of thioether (sulfide) groups is 2. The molecular weight excluding hydrogens is 276 g/mol. The summed E-state index contributed by atoms with van der Waals surface area (Å²) in [6.45, 7) is 4.42. The first-order valence-corrected chi connectivity index (χ1v) is 8.44. The minimum Gasteiger partial charge on any atom is -0.453 e. The number of carbonyl (C=O) groups excluding carboxylic acids is 1. The van der Waals surface area contributed by atoms with Gasteiger partial charge in [-0.1, -0.05) is 32.0 Å². The minimum absolute atomic E-state index is 0.0248. The van der Waals surface area contributed by atoms with Crippen LogP contribution < -0.4 is 0 Å². The van der Waals surface area contributed by atoms with Crippen molar-refractivity contribution in [3.63, 3.8) is 0 Å². The first kappa shape index (κ1) is 13.1. The van der Waals surface area contributed by atoms with E-state index in [4.69, 9.17) is 4.42 Å². The highest BCUT2D eigenvalue weighted by atomic mass is 32.2. The van der Waals surface area contributed by atoms with Gasteiger partial charge in [-0.3, -0.25) is 4.79 Å². The molecule has 0 bridgehead atoms. The molecule has 3 unspecified atom stereocenters. The zero-order valence-corrected chi connectivity index (χ0v) is 12.6. The molecule has 1 fully saturated rings. The summed E-state index contributed by atoms with van der Waals surface area (Å²) in [5, 5.41) is 2.15. The Labute approximate surface area is 121 Å². The van der Waals surface area contributed by atoms with E-state index in [-0.39, 0.29) is 11.0 Å². The predicted octanol–water partition coefficient (Wildman–Crippen LogP) is 4.24. The molecule has 1 aliphatic rings. The van der Waals surface area contributed by atoms with Gasteiger partial charge in [0.2, 0.25) is 5.78 Å². The Morgan fingerprint density at radius 2 is 2.05 bits per heavy atom. The van der Waals surface area contributed by atoms with Gasteiger partial charge in [-0.25, -0.2) is 0 Å². The first-order chi connectivity index (χ1) is 9.15. The number of benzene rings is 1. The van der Waals surface area contributed by atoms with Crippen LogP contribution in [-0.2, 0) is 0 Å². The molecule has 19 heavy (non-hydrogen) atoms. The lowest BCUT2D eigenvalue weighted by Gasteiger charge is -2.29. The molecule has 0 aliphatic carbocycles. The zero-order valence-electron chi connectivity index (χ0n) is 11.0. The van der Waals surface area contributed by atoms with Gasteiger partial charge in [-0.05, 0) is 12.1 Å². The van der Waals surface area contributed by atoms with Crippen LogP contribution >= 0.6 is 23.5 Å². The summed E-state index contributed by atoms with van der Waals surface area (Å²) in [6.07, 6.45) is 0. The van der Waals surface area contributed by atoms with Gasteiger partial charge in [0.1, 0.15) is 5.58 Å². The van der Waals surface area contributed by atoms with E-state index in [1.807, 2.05) is 42.1 Å². The van der Waals surface area contributed by atoms with Crippen molar-refractivity contribution in [1.82, 2.24) is 0 Å². The Morgan fingerprint density at radius 3 is 2.79 bits per heavy atom. The fourth-order valence-electron chi connectivity index (χ4n) is 2.18. The molecule has 0 saturated carbocycles. The van der Waals surface area contributed by atoms with Crippen molar-refractivity contribution in [1.29, 1.82) is 0 Å². The quantitative estimate of drug-likeness (QED) is 0.774. The minimum atomic E-state index is 0.0248. The normalized spacial score (nSPS) is 27.6. The van der Waals surface area contributed by atoms with Gasteiger partial charge in [-0.2, -0.15) is 11.8 Å². The number of furan rings is 1. The molecule has 2 aromatic rings. The molecule has 1 saturated heterocycles. The summed E-state index contributed by atoms with van der Waals surface area (Å²) < 4.78 is 5.67. The van der Waals surface area contributed by atoms with Gasteiger partial charge in [0.15, 0.2) is 5.76 Å². The molecule has 2 heterocycles. The zero-order chi connectivity index (χ0) is 13.4. The average Bonchev–Trinajstić information content (AvgIpc) is 2.85. The SMILES string of the molecule is CC1SCC(C(=O)c2cc3ccccc3o2)SC1C. The molecule has 4 heteroatoms. The number of Topliss-reactive ketones (excluding diaryl/α,β-unsaturated/α-hetero) is 1. The van der Waals surface area contributed by atoms with E-state index in [2.05, 4.69) is 13.8 Å². The maximum absolute atomic E-state index is 12.5. The summed E-state index contributed by atoms with van der Waals surface area (Å²) in [6, 6.07) is 9.63. The first-order valence-electron chi connectivity index (χ1n) is 6.45. The van der Waals surface area contributed by atoms with Crippen LogP contribution in [-0.4, -0.2) is 27.3 Å². The van der Waals surface area contributed by atoms with Crippen LogP contribution in [0.2, 0.25) is 0 Å². The second-order valence-corrected chi connectivity index (χ2v) is 7.88. The van der Waals surface area contributed by atoms with Gasteiger partial charge >= 0.3 is 0 Å². The molecule has 0 spiro atoms. The topological polar surface area (TPSA) is 30.2 Å². The number of rotatable bonds is 2. The summed E-state index contributed by atoms with van der Waals surface area (Å²) in [5.41, 5.74) is 0.792. The fraction of sp³-hybridized carbons (Fsp3) is 0.400. The van der Waals surface area contributed by atoms with E-state index < -0.39 is 0 Å². The fourth-order valence-corrected chi connectivity index (χ4v) is 5.04. The summed E-state index contributed by atoms with van der Waals surface area (Å²) >= 11 is 3.66. The maximum atomic E-state index is 12.5. The molecule has 3 atom stereocenters. The Kier molecular flexibility index (Phi) is 3.63. The van der Waals surface area contributed by atoms with E-state index in [1.54, 1.807) is 11.8 Å². The monoisotopic (exact) mass is 292 g/mol. The van der Waals surface area contributed by atoms with E-state index >= 15 is 0 Å². The number of hydrogen-bond donors (Lipinski definition) is 0. The van der Waals surface area contributed by atoms with Crippen LogP contribution in [0.1, 0.15) is 24.4 Å². The second-order valence-electron chi connectivity index (χ2n) is 4.88. The molecule has 1 aromatic heterocycles. The molecule has 3 rings (SSSR count). The lowest BCUT2D eigenvalue weighted by atomic mass is 10.2. The van der Waals surface area contributed by atoms with Gasteiger partial charge < -0.3 is 4.42 Å². The van der Waals surface area contributed by atoms with E-state index in [9.17, 15) is 4.79 Å². The van der Waals surface area contributed by atoms with Crippen molar-refractivity contribution in [2.45, 2.75) is 29.6 Å². The summed E-state index contributed by atoms with van der Waals surface area (Å²) in [7, 11) is 0. The highest BCUT2D eigenvalue weighted by Crippen LogP contribution is 2.37. The molecule has 0 N–H and O–H groups in total. The van der Waals surface area contributed by atoms with Crippen molar-refractivity contribution >= 4 is 40.3 Å². The van der Waals surface area contributed by atoms with Gasteiger partial charge in [0.25, 0.3) is 0 Å². The van der Waals surface area contributed by atoms with Crippen molar-refractivity contribution < 1.29 is 9.21 Å². The molecule has 2 nitrogen and oxygen atoms in total. The van der Waals surface area contributed by atoms with Crippen LogP contribution in [0.25, 0.3) is 11.0 Å². The highest BCUT2D eigenvalue weighted by Gasteiger charge is 2.32. The smallest absolute Gasteiger partial charge is 0.211 e. The third-order valence-electron chi connectivity index (χ3n) is 3.51. The lowest BCUT2D eigenvalue weighted by molar-refractivity contribution is 0.0970. The van der Waals surface area contributed by atoms with E-state index in [0.717, 1.165) is 16.7 Å². The van der Waals surface area contributed by atoms with Crippen molar-refractivity contribution in [2.75, 3.05) is 5.75 Å². The third kappa shape index (κ3) is 2.56. The van der Waals surface area contributed by atoms with Crippen LogP contribution in [0.5, 0.6) is 0 Å². The number of para-hydroxylation sites is 1. The average molecular weight is 292 g/mol. The Bertz CT molecular complexity index is 572. The maximum Gasteiger partial charge on any atom is 0.211 e. The number of carbonyl (C=O) groups is 1. The second kappa shape index (κ2) is 5.25. The molecule has 1 aromatic carbocycles. The summed E-state index contributed by atoms with van der Waals surface area (Å²) in [5.74, 6) is 1.51. The van der Waals surface area contributed by atoms with Crippen LogP contribution in [0, 0.1) is 0 Å². The Morgan fingerprint density at radius 1 is 1.26 bits per heavy atom. The summed E-state index contributed by atoms with van der Waals surface area (Å²) in [4.78, 5) is 12.5. The van der Waals surface area contributed by atoms with Crippen LogP contribution in [0.4, 0.5) is 0 Å². The molecule has 100 valence electrons. The van der Waals surface area contributed by atoms with Crippen molar-refractivity contribution in [3.8, 4) is 0 Å². The standard InChI is InChI=1S/C15H16O2S2/c1-9-10(2)19-14(8-18-9)15(16)13-7-11-5-3-4-6-12(11)17-13/h3-7,9-10,14H,8H2,1-2H3. The highest BCUT2D eigenvalue weighted by molar-refractivity contribution is 8.08. The number of hydrogen-bond acceptors (Lipinski definition) is 4. The number of fused-ring (bicyclic) bond motifs is 1. The van der Waals surface area contributed by atoms with Gasteiger partial charge in [0, 0.05) is 21.6 Å². The molecule has 0 radical (unpaired) electrons. The van der Waals surface area contributed by atoms with Crippen molar-refractivity contribution in [2.24, 2.45) is 0 Å². The van der Waals surface area contributed by atoms with Gasteiger partial charge in [0.05, 0.1) is 5.25 Å². The van der Waals surface area contributed by atoms with Gasteiger partial charge in [-0.15, -0.1) is 11.8 Å². The lowest BCUT2D eigenvalue weighted by Crippen LogP contribution is -2.31. The Hall–Kier alpha value is -0.870. The predicted molar refractivity (Wildman–Crippen MR) is 83.3 cm³/mol. The van der Waals surface area contributed by atoms with Crippen LogP contribution in [0.15, 0.2) is 34.7 Å². The molecule has 1 aliphatic heterocycles. The Balaban J connectivity index is 1.83. The third-order valence-corrected chi connectivity index (χ3v) is 6.90. The van der Waals surface area contributed by atoms with E-state index in [1.165, 1.54) is 0 Å². The largest absolute Gasteiger partial charge is 0.453 e. The molecular formula is C15H16O2S2.